The molecule has 5 heteroatoms. The summed E-state index contributed by atoms with van der Waals surface area (Å²) in [6, 6.07) is 14.5. The Bertz CT molecular complexity index is 914. The molecule has 0 amide bonds. The van der Waals surface area contributed by atoms with Crippen molar-refractivity contribution in [3.05, 3.63) is 64.2 Å². The van der Waals surface area contributed by atoms with E-state index in [1.807, 2.05) is 32.0 Å². The highest BCUT2D eigenvalue weighted by Gasteiger charge is 2.27. The van der Waals surface area contributed by atoms with Crippen LogP contribution in [0.3, 0.4) is 0 Å². The van der Waals surface area contributed by atoms with E-state index in [9.17, 15) is 5.26 Å². The summed E-state index contributed by atoms with van der Waals surface area (Å²) in [6.45, 7) is 3.91. The second-order valence-electron chi connectivity index (χ2n) is 6.87. The first kappa shape index (κ1) is 17.0. The van der Waals surface area contributed by atoms with E-state index in [1.54, 1.807) is 11.8 Å². The molecule has 0 saturated carbocycles. The van der Waals surface area contributed by atoms with Gasteiger partial charge < -0.3 is 4.74 Å². The summed E-state index contributed by atoms with van der Waals surface area (Å²) in [6.07, 6.45) is 3.61. The minimum absolute atomic E-state index is 0.0392. The molecule has 0 saturated heterocycles. The zero-order valence-electron chi connectivity index (χ0n) is 15.0. The molecule has 1 atom stereocenters. The van der Waals surface area contributed by atoms with Gasteiger partial charge >= 0.3 is 0 Å². The summed E-state index contributed by atoms with van der Waals surface area (Å²) in [5, 5.41) is 15.0. The number of aryl methyl sites for hydroxylation is 1. The predicted molar refractivity (Wildman–Crippen MR) is 105 cm³/mol. The number of nitrogens with zero attached hydrogens (tertiary/aromatic N) is 2. The molecule has 0 fully saturated rings. The van der Waals surface area contributed by atoms with E-state index < -0.39 is 0 Å². The quantitative estimate of drug-likeness (QED) is 0.867. The normalized spacial score (nSPS) is 18.2. The van der Waals surface area contributed by atoms with Crippen LogP contribution in [0, 0.1) is 11.3 Å². The van der Waals surface area contributed by atoms with Crippen molar-refractivity contribution in [2.75, 3.05) is 0 Å². The Morgan fingerprint density at radius 2 is 2.15 bits per heavy atom. The summed E-state index contributed by atoms with van der Waals surface area (Å²) in [4.78, 5) is 0. The summed E-state index contributed by atoms with van der Waals surface area (Å²) in [5.41, 5.74) is 9.06. The summed E-state index contributed by atoms with van der Waals surface area (Å²) < 4.78 is 5.71. The van der Waals surface area contributed by atoms with E-state index in [0.29, 0.717) is 11.3 Å². The van der Waals surface area contributed by atoms with Crippen molar-refractivity contribution in [1.82, 2.24) is 5.43 Å². The van der Waals surface area contributed by atoms with Crippen LogP contribution in [0.15, 0.2) is 41.5 Å². The molecule has 2 aromatic carbocycles. The first-order chi connectivity index (χ1) is 12.7. The average Bonchev–Trinajstić information content (AvgIpc) is 3.30. The number of benzene rings is 2. The van der Waals surface area contributed by atoms with Gasteiger partial charge in [0.15, 0.2) is 0 Å². The average molecular weight is 363 g/mol. The van der Waals surface area contributed by atoms with Gasteiger partial charge in [-0.05, 0) is 68.0 Å². The van der Waals surface area contributed by atoms with Crippen LogP contribution in [-0.4, -0.2) is 11.1 Å². The lowest BCUT2D eigenvalue weighted by atomic mass is 10.0. The monoisotopic (exact) mass is 363 g/mol. The van der Waals surface area contributed by atoms with E-state index in [-0.39, 0.29) is 11.5 Å². The van der Waals surface area contributed by atoms with Crippen molar-refractivity contribution < 1.29 is 4.74 Å². The van der Waals surface area contributed by atoms with Crippen LogP contribution in [0.2, 0.25) is 0 Å². The van der Waals surface area contributed by atoms with Gasteiger partial charge in [-0.2, -0.15) is 10.4 Å². The van der Waals surface area contributed by atoms with Crippen molar-refractivity contribution in [2.45, 2.75) is 44.6 Å². The molecule has 1 aliphatic heterocycles. The zero-order valence-corrected chi connectivity index (χ0v) is 15.8. The first-order valence-electron chi connectivity index (χ1n) is 8.97. The topological polar surface area (TPSA) is 57.4 Å². The highest BCUT2D eigenvalue weighted by atomic mass is 32.2. The molecular formula is C21H21N3OS. The SMILES string of the molecule is CC(C)Oc1ccc(C2=NNC(c3cccc4c3CCC4)S2)cc1C#N. The van der Waals surface area contributed by atoms with E-state index >= 15 is 0 Å². The van der Waals surface area contributed by atoms with Gasteiger partial charge in [-0.25, -0.2) is 0 Å². The Labute approximate surface area is 158 Å². The zero-order chi connectivity index (χ0) is 18.1. The molecule has 1 unspecified atom stereocenters. The number of hydrazone groups is 1. The standard InChI is InChI=1S/C21H21N3OS/c1-13(2)25-19-10-9-15(11-16(19)12-22)20-23-24-21(26-20)18-8-4-6-14-5-3-7-17(14)18/h4,6,8-11,13,21,24H,3,5,7H2,1-2H3. The molecule has 132 valence electrons. The number of ether oxygens (including phenoxy) is 1. The van der Waals surface area contributed by atoms with Gasteiger partial charge in [-0.15, -0.1) is 0 Å². The summed E-state index contributed by atoms with van der Waals surface area (Å²) in [5.74, 6) is 0.625. The van der Waals surface area contributed by atoms with Crippen LogP contribution in [0.1, 0.15) is 53.5 Å². The molecule has 0 spiro atoms. The maximum Gasteiger partial charge on any atom is 0.137 e. The number of nitrogens with one attached hydrogen (secondary N) is 1. The lowest BCUT2D eigenvalue weighted by molar-refractivity contribution is 0.241. The van der Waals surface area contributed by atoms with Crippen molar-refractivity contribution >= 4 is 16.8 Å². The molecule has 26 heavy (non-hydrogen) atoms. The fraction of sp³-hybridized carbons (Fsp3) is 0.333. The Morgan fingerprint density at radius 3 is 2.96 bits per heavy atom. The lowest BCUT2D eigenvalue weighted by Crippen LogP contribution is -2.09. The van der Waals surface area contributed by atoms with Gasteiger partial charge in [-0.3, -0.25) is 5.43 Å². The molecule has 1 heterocycles. The minimum Gasteiger partial charge on any atom is -0.490 e. The number of nitriles is 1. The van der Waals surface area contributed by atoms with Crippen LogP contribution in [-0.2, 0) is 12.8 Å². The lowest BCUT2D eigenvalue weighted by Gasteiger charge is -2.14. The van der Waals surface area contributed by atoms with E-state index in [4.69, 9.17) is 4.74 Å². The van der Waals surface area contributed by atoms with E-state index in [1.165, 1.54) is 29.5 Å². The number of hydrogen-bond donors (Lipinski definition) is 1. The predicted octanol–water partition coefficient (Wildman–Crippen LogP) is 4.53. The number of rotatable bonds is 4. The first-order valence-corrected chi connectivity index (χ1v) is 9.85. The molecule has 0 aromatic heterocycles. The third kappa shape index (κ3) is 3.17. The van der Waals surface area contributed by atoms with E-state index in [2.05, 4.69) is 34.8 Å². The van der Waals surface area contributed by atoms with Crippen LogP contribution in [0.4, 0.5) is 0 Å². The molecule has 0 radical (unpaired) electrons. The Kier molecular flexibility index (Phi) is 4.60. The van der Waals surface area contributed by atoms with Crippen LogP contribution < -0.4 is 10.2 Å². The van der Waals surface area contributed by atoms with Crippen molar-refractivity contribution in [3.63, 3.8) is 0 Å². The van der Waals surface area contributed by atoms with Crippen molar-refractivity contribution in [2.24, 2.45) is 5.10 Å². The maximum absolute atomic E-state index is 9.44. The van der Waals surface area contributed by atoms with E-state index in [0.717, 1.165) is 17.0 Å². The van der Waals surface area contributed by atoms with Crippen LogP contribution in [0.5, 0.6) is 5.75 Å². The van der Waals surface area contributed by atoms with Gasteiger partial charge in [0.25, 0.3) is 0 Å². The van der Waals surface area contributed by atoms with Crippen LogP contribution >= 0.6 is 11.8 Å². The molecule has 2 aliphatic rings. The van der Waals surface area contributed by atoms with Crippen LogP contribution in [0.25, 0.3) is 0 Å². The number of thioether (sulfide) groups is 1. The fourth-order valence-electron chi connectivity index (χ4n) is 3.55. The number of hydrogen-bond acceptors (Lipinski definition) is 5. The highest BCUT2D eigenvalue weighted by molar-refractivity contribution is 8.14. The number of fused-ring (bicyclic) bond motifs is 1. The molecule has 4 rings (SSSR count). The third-order valence-electron chi connectivity index (χ3n) is 4.69. The Morgan fingerprint density at radius 1 is 1.27 bits per heavy atom. The van der Waals surface area contributed by atoms with Gasteiger partial charge in [0.1, 0.15) is 22.2 Å². The van der Waals surface area contributed by atoms with Gasteiger partial charge in [-0.1, -0.05) is 30.0 Å². The molecular weight excluding hydrogens is 342 g/mol. The third-order valence-corrected chi connectivity index (χ3v) is 5.83. The van der Waals surface area contributed by atoms with Crippen molar-refractivity contribution in [3.8, 4) is 11.8 Å². The van der Waals surface area contributed by atoms with Gasteiger partial charge in [0, 0.05) is 5.56 Å². The fourth-order valence-corrected chi connectivity index (χ4v) is 4.59. The molecule has 2 aromatic rings. The summed E-state index contributed by atoms with van der Waals surface area (Å²) in [7, 11) is 0. The maximum atomic E-state index is 9.44. The molecule has 1 aliphatic carbocycles. The highest BCUT2D eigenvalue weighted by Crippen LogP contribution is 2.39. The smallest absolute Gasteiger partial charge is 0.137 e. The minimum atomic E-state index is 0.0392. The molecule has 1 N–H and O–H groups in total. The second kappa shape index (κ2) is 7.05. The second-order valence-corrected chi connectivity index (χ2v) is 7.97. The Hall–Kier alpha value is -2.45. The summed E-state index contributed by atoms with van der Waals surface area (Å²) >= 11 is 1.71. The molecule has 0 bridgehead atoms. The Balaban J connectivity index is 1.56. The van der Waals surface area contributed by atoms with Gasteiger partial charge in [0.05, 0.1) is 11.7 Å². The van der Waals surface area contributed by atoms with Crippen molar-refractivity contribution in [1.29, 1.82) is 5.26 Å². The molecule has 4 nitrogen and oxygen atoms in total. The van der Waals surface area contributed by atoms with Gasteiger partial charge in [0.2, 0.25) is 0 Å². The largest absolute Gasteiger partial charge is 0.490 e.